The van der Waals surface area contributed by atoms with Gasteiger partial charge in [-0.25, -0.2) is 8.78 Å². The Kier molecular flexibility index (Phi) is 5.26. The van der Waals surface area contributed by atoms with E-state index in [1.165, 1.54) is 12.1 Å². The van der Waals surface area contributed by atoms with E-state index in [1.54, 1.807) is 0 Å². The van der Waals surface area contributed by atoms with E-state index in [-0.39, 0.29) is 12.1 Å². The van der Waals surface area contributed by atoms with E-state index in [2.05, 4.69) is 10.4 Å². The number of nitrogens with one attached hydrogen (secondary N) is 1. The Bertz CT molecular complexity index is 689. The minimum absolute atomic E-state index is 0.0167. The second-order valence-corrected chi connectivity index (χ2v) is 6.27. The van der Waals surface area contributed by atoms with Gasteiger partial charge in [0, 0.05) is 55.0 Å². The molecule has 0 unspecified atom stereocenters. The zero-order valence-electron chi connectivity index (χ0n) is 14.0. The SMILES string of the molecule is CCn1cc([C@@H]2OCC[C@H]2CN[C@@H](C)c2ccc(F)cc2F)cn1. The first kappa shape index (κ1) is 17.0. The first-order chi connectivity index (χ1) is 11.6. The summed E-state index contributed by atoms with van der Waals surface area (Å²) in [6.45, 7) is 6.19. The Hall–Kier alpha value is -1.79. The van der Waals surface area contributed by atoms with Gasteiger partial charge in [0.05, 0.1) is 12.3 Å². The number of rotatable bonds is 6. The summed E-state index contributed by atoms with van der Waals surface area (Å²) in [6, 6.07) is 3.52. The van der Waals surface area contributed by atoms with Crippen LogP contribution in [-0.4, -0.2) is 22.9 Å². The Morgan fingerprint density at radius 3 is 2.96 bits per heavy atom. The maximum absolute atomic E-state index is 13.9. The second kappa shape index (κ2) is 7.40. The van der Waals surface area contributed by atoms with Gasteiger partial charge in [-0.15, -0.1) is 0 Å². The standard InChI is InChI=1S/C18H23F2N3O/c1-3-23-11-14(10-22-23)18-13(6-7-24-18)9-21-12(2)16-5-4-15(19)8-17(16)20/h4-5,8,10-13,18,21H,3,6-7,9H2,1-2H3/t12-,13-,18+/m0/s1. The van der Waals surface area contributed by atoms with Crippen molar-refractivity contribution in [2.24, 2.45) is 5.92 Å². The molecule has 1 aromatic carbocycles. The van der Waals surface area contributed by atoms with E-state index in [0.29, 0.717) is 24.6 Å². The number of halogens is 2. The monoisotopic (exact) mass is 335 g/mol. The number of aryl methyl sites for hydroxylation is 1. The summed E-state index contributed by atoms with van der Waals surface area (Å²) in [4.78, 5) is 0. The molecule has 24 heavy (non-hydrogen) atoms. The van der Waals surface area contributed by atoms with Crippen LogP contribution in [0, 0.1) is 17.6 Å². The Morgan fingerprint density at radius 1 is 1.42 bits per heavy atom. The maximum Gasteiger partial charge on any atom is 0.130 e. The fourth-order valence-corrected chi connectivity index (χ4v) is 3.20. The molecule has 4 nitrogen and oxygen atoms in total. The van der Waals surface area contributed by atoms with E-state index in [4.69, 9.17) is 4.74 Å². The van der Waals surface area contributed by atoms with Crippen LogP contribution in [0.1, 0.15) is 43.5 Å². The fraction of sp³-hybridized carbons (Fsp3) is 0.500. The van der Waals surface area contributed by atoms with Crippen LogP contribution in [0.5, 0.6) is 0 Å². The highest BCUT2D eigenvalue weighted by Gasteiger charge is 2.30. The smallest absolute Gasteiger partial charge is 0.130 e. The highest BCUT2D eigenvalue weighted by atomic mass is 19.1. The van der Waals surface area contributed by atoms with Crippen molar-refractivity contribution >= 4 is 0 Å². The predicted molar refractivity (Wildman–Crippen MR) is 87.5 cm³/mol. The summed E-state index contributed by atoms with van der Waals surface area (Å²) in [5.74, 6) is -0.760. The predicted octanol–water partition coefficient (Wildman–Crippen LogP) is 3.61. The molecule has 2 aromatic rings. The third kappa shape index (κ3) is 3.65. The number of aromatic nitrogens is 2. The number of ether oxygens (including phenoxy) is 1. The third-order valence-electron chi connectivity index (χ3n) is 4.64. The molecule has 1 saturated heterocycles. The summed E-state index contributed by atoms with van der Waals surface area (Å²) in [7, 11) is 0. The van der Waals surface area contributed by atoms with Crippen LogP contribution < -0.4 is 5.32 Å². The molecule has 3 rings (SSSR count). The average molecular weight is 335 g/mol. The number of nitrogens with zero attached hydrogens (tertiary/aromatic N) is 2. The third-order valence-corrected chi connectivity index (χ3v) is 4.64. The van der Waals surface area contributed by atoms with Crippen molar-refractivity contribution in [2.45, 2.75) is 39.0 Å². The molecule has 1 aliphatic rings. The molecule has 0 aliphatic carbocycles. The summed E-state index contributed by atoms with van der Waals surface area (Å²) in [5, 5.41) is 7.66. The second-order valence-electron chi connectivity index (χ2n) is 6.27. The van der Waals surface area contributed by atoms with Crippen LogP contribution in [0.15, 0.2) is 30.6 Å². The molecule has 6 heteroatoms. The minimum Gasteiger partial charge on any atom is -0.373 e. The first-order valence-electron chi connectivity index (χ1n) is 8.40. The molecule has 1 aliphatic heterocycles. The Labute approximate surface area is 140 Å². The van der Waals surface area contributed by atoms with Gasteiger partial charge in [0.1, 0.15) is 11.6 Å². The minimum atomic E-state index is -0.555. The Morgan fingerprint density at radius 2 is 2.25 bits per heavy atom. The molecule has 0 bridgehead atoms. The van der Waals surface area contributed by atoms with E-state index >= 15 is 0 Å². The zero-order valence-corrected chi connectivity index (χ0v) is 14.0. The number of benzene rings is 1. The first-order valence-corrected chi connectivity index (χ1v) is 8.40. The molecular formula is C18H23F2N3O. The van der Waals surface area contributed by atoms with Gasteiger partial charge in [-0.2, -0.15) is 5.10 Å². The summed E-state index contributed by atoms with van der Waals surface area (Å²) >= 11 is 0. The number of hydrogen-bond acceptors (Lipinski definition) is 3. The van der Waals surface area contributed by atoms with Gasteiger partial charge in [0.25, 0.3) is 0 Å². The molecule has 1 aromatic heterocycles. The lowest BCUT2D eigenvalue weighted by atomic mass is 9.96. The fourth-order valence-electron chi connectivity index (χ4n) is 3.20. The molecule has 3 atom stereocenters. The highest BCUT2D eigenvalue weighted by Crippen LogP contribution is 2.34. The molecule has 0 amide bonds. The molecule has 2 heterocycles. The molecule has 0 radical (unpaired) electrons. The van der Waals surface area contributed by atoms with Crippen molar-refractivity contribution in [1.82, 2.24) is 15.1 Å². The van der Waals surface area contributed by atoms with Crippen LogP contribution >= 0.6 is 0 Å². The van der Waals surface area contributed by atoms with Crippen molar-refractivity contribution in [2.75, 3.05) is 13.2 Å². The topological polar surface area (TPSA) is 39.1 Å². The van der Waals surface area contributed by atoms with Gasteiger partial charge in [-0.05, 0) is 26.3 Å². The van der Waals surface area contributed by atoms with E-state index in [9.17, 15) is 8.78 Å². The molecule has 1 fully saturated rings. The van der Waals surface area contributed by atoms with Crippen LogP contribution in [0.2, 0.25) is 0 Å². The van der Waals surface area contributed by atoms with E-state index in [1.807, 2.05) is 30.9 Å². The lowest BCUT2D eigenvalue weighted by molar-refractivity contribution is 0.0898. The molecule has 0 saturated carbocycles. The largest absolute Gasteiger partial charge is 0.373 e. The van der Waals surface area contributed by atoms with E-state index in [0.717, 1.165) is 24.6 Å². The van der Waals surface area contributed by atoms with E-state index < -0.39 is 11.6 Å². The normalized spacial score (nSPS) is 22.0. The van der Waals surface area contributed by atoms with Crippen molar-refractivity contribution in [3.63, 3.8) is 0 Å². The maximum atomic E-state index is 13.9. The van der Waals surface area contributed by atoms with Gasteiger partial charge >= 0.3 is 0 Å². The van der Waals surface area contributed by atoms with Crippen molar-refractivity contribution in [3.8, 4) is 0 Å². The summed E-state index contributed by atoms with van der Waals surface area (Å²) < 4.78 is 34.7. The van der Waals surface area contributed by atoms with Gasteiger partial charge in [0.2, 0.25) is 0 Å². The molecular weight excluding hydrogens is 312 g/mol. The van der Waals surface area contributed by atoms with Gasteiger partial charge in [0.15, 0.2) is 0 Å². The van der Waals surface area contributed by atoms with Crippen molar-refractivity contribution in [1.29, 1.82) is 0 Å². The number of hydrogen-bond donors (Lipinski definition) is 1. The van der Waals surface area contributed by atoms with Gasteiger partial charge in [-0.1, -0.05) is 6.07 Å². The molecule has 130 valence electrons. The average Bonchev–Trinajstić information content (AvgIpc) is 3.21. The quantitative estimate of drug-likeness (QED) is 0.876. The van der Waals surface area contributed by atoms with Crippen LogP contribution in [0.3, 0.4) is 0 Å². The lowest BCUT2D eigenvalue weighted by Crippen LogP contribution is -2.28. The van der Waals surface area contributed by atoms with Gasteiger partial charge in [-0.3, -0.25) is 4.68 Å². The lowest BCUT2D eigenvalue weighted by Gasteiger charge is -2.21. The summed E-state index contributed by atoms with van der Waals surface area (Å²) in [5.41, 5.74) is 1.56. The molecule has 1 N–H and O–H groups in total. The molecule has 0 spiro atoms. The Balaban J connectivity index is 1.62. The van der Waals surface area contributed by atoms with Crippen LogP contribution in [0.25, 0.3) is 0 Å². The summed E-state index contributed by atoms with van der Waals surface area (Å²) in [6.07, 6.45) is 4.85. The van der Waals surface area contributed by atoms with Crippen molar-refractivity contribution < 1.29 is 13.5 Å². The zero-order chi connectivity index (χ0) is 17.1. The van der Waals surface area contributed by atoms with Crippen LogP contribution in [0.4, 0.5) is 8.78 Å². The van der Waals surface area contributed by atoms with Gasteiger partial charge < -0.3 is 10.1 Å². The van der Waals surface area contributed by atoms with Crippen LogP contribution in [-0.2, 0) is 11.3 Å². The highest BCUT2D eigenvalue weighted by molar-refractivity contribution is 5.21. The van der Waals surface area contributed by atoms with Crippen molar-refractivity contribution in [3.05, 3.63) is 53.4 Å².